The van der Waals surface area contributed by atoms with E-state index in [1.165, 1.54) is 82.0 Å². The first-order valence-corrected chi connectivity index (χ1v) is 26.8. The van der Waals surface area contributed by atoms with E-state index in [1.54, 1.807) is 6.20 Å². The van der Waals surface area contributed by atoms with Gasteiger partial charge < -0.3 is 4.90 Å². The van der Waals surface area contributed by atoms with E-state index in [9.17, 15) is 0 Å². The minimum absolute atomic E-state index is 0.325. The Balaban J connectivity index is 1.02. The summed E-state index contributed by atoms with van der Waals surface area (Å²) in [6, 6.07) is 81.6. The van der Waals surface area contributed by atoms with Crippen LogP contribution in [0.1, 0.15) is 36.1 Å². The molecule has 0 saturated heterocycles. The highest BCUT2D eigenvalue weighted by Gasteiger charge is 2.39. The number of hydrogen-bond donors (Lipinski definition) is 0. The molecule has 6 heteroatoms. The van der Waals surface area contributed by atoms with Crippen molar-refractivity contribution in [1.82, 2.24) is 24.5 Å². The molecule has 0 bridgehead atoms. The fourth-order valence-electron chi connectivity index (χ4n) is 13.0. The lowest BCUT2D eigenvalue weighted by molar-refractivity contribution is 0.661. The highest BCUT2D eigenvalue weighted by atomic mass is 15.2. The third kappa shape index (κ3) is 6.69. The van der Waals surface area contributed by atoms with E-state index in [1.807, 2.05) is 36.4 Å². The Hall–Kier alpha value is -10.0. The molecule has 14 aromatic rings. The molecule has 0 aliphatic heterocycles. The van der Waals surface area contributed by atoms with Crippen LogP contribution in [-0.2, 0) is 11.8 Å². The predicted octanol–water partition coefficient (Wildman–Crippen LogP) is 18.3. The molecular formula is C72H48N6. The summed E-state index contributed by atoms with van der Waals surface area (Å²) in [7, 11) is 0. The van der Waals surface area contributed by atoms with Gasteiger partial charge >= 0.3 is 0 Å². The number of pyridine rings is 1. The average Bonchev–Trinajstić information content (AvgIpc) is 4.14. The van der Waals surface area contributed by atoms with Crippen LogP contribution in [0.4, 0.5) is 17.1 Å². The second-order valence-electron chi connectivity index (χ2n) is 21.4. The largest absolute Gasteiger partial charge is 0.310 e. The van der Waals surface area contributed by atoms with E-state index in [-0.39, 0.29) is 5.41 Å². The van der Waals surface area contributed by atoms with Crippen LogP contribution in [0.15, 0.2) is 237 Å². The fraction of sp³-hybridized carbons (Fsp3) is 0.0556. The van der Waals surface area contributed by atoms with Crippen LogP contribution in [-0.4, -0.2) is 24.5 Å². The Bertz CT molecular complexity index is 4790. The number of allylic oxidation sites excluding steroid dienone is 1. The lowest BCUT2D eigenvalue weighted by Crippen LogP contribution is -2.15. The molecule has 0 saturated carbocycles. The van der Waals surface area contributed by atoms with Gasteiger partial charge in [0.15, 0.2) is 11.6 Å². The van der Waals surface area contributed by atoms with Gasteiger partial charge in [-0.25, -0.2) is 4.98 Å². The van der Waals surface area contributed by atoms with Gasteiger partial charge in [-0.2, -0.15) is 9.97 Å². The third-order valence-corrected chi connectivity index (χ3v) is 16.6. The molecule has 3 heterocycles. The summed E-state index contributed by atoms with van der Waals surface area (Å²) < 4.78 is 2.26. The van der Waals surface area contributed by atoms with Crippen LogP contribution in [0.3, 0.4) is 0 Å². The Morgan fingerprint density at radius 1 is 0.449 bits per heavy atom. The number of fused-ring (bicyclic) bond motifs is 13. The summed E-state index contributed by atoms with van der Waals surface area (Å²) in [4.78, 5) is 23.1. The molecule has 78 heavy (non-hydrogen) atoms. The molecule has 0 amide bonds. The van der Waals surface area contributed by atoms with Gasteiger partial charge in [0.25, 0.3) is 0 Å². The summed E-state index contributed by atoms with van der Waals surface area (Å²) >= 11 is 0. The van der Waals surface area contributed by atoms with Crippen molar-refractivity contribution in [3.05, 3.63) is 259 Å². The zero-order chi connectivity index (χ0) is 51.6. The molecule has 0 unspecified atom stereocenters. The van der Waals surface area contributed by atoms with Gasteiger partial charge in [-0.05, 0) is 167 Å². The van der Waals surface area contributed by atoms with Crippen molar-refractivity contribution in [2.24, 2.45) is 0 Å². The van der Waals surface area contributed by atoms with Crippen molar-refractivity contribution in [2.75, 3.05) is 4.90 Å². The maximum absolute atomic E-state index is 5.39. The summed E-state index contributed by atoms with van der Waals surface area (Å²) in [6.45, 7) is 4.79. The van der Waals surface area contributed by atoms with Crippen molar-refractivity contribution in [1.29, 1.82) is 0 Å². The number of hydrogen-bond acceptors (Lipinski definition) is 5. The van der Waals surface area contributed by atoms with E-state index in [0.29, 0.717) is 23.3 Å². The molecule has 0 N–H and O–H groups in total. The number of nitrogens with zero attached hydrogens (tertiary/aromatic N) is 6. The Morgan fingerprint density at radius 2 is 1.12 bits per heavy atom. The van der Waals surface area contributed by atoms with E-state index >= 15 is 0 Å². The molecule has 3 aromatic heterocycles. The zero-order valence-corrected chi connectivity index (χ0v) is 43.0. The topological polar surface area (TPSA) is 59.7 Å². The van der Waals surface area contributed by atoms with Gasteiger partial charge in [0, 0.05) is 45.0 Å². The van der Waals surface area contributed by atoms with Crippen LogP contribution in [0.5, 0.6) is 0 Å². The molecule has 16 rings (SSSR count). The third-order valence-electron chi connectivity index (χ3n) is 16.6. The van der Waals surface area contributed by atoms with Crippen molar-refractivity contribution in [3.63, 3.8) is 0 Å². The van der Waals surface area contributed by atoms with Crippen molar-refractivity contribution < 1.29 is 0 Å². The van der Waals surface area contributed by atoms with Gasteiger partial charge in [0.1, 0.15) is 5.69 Å². The first kappa shape index (κ1) is 44.3. The highest BCUT2D eigenvalue weighted by Crippen LogP contribution is 2.56. The van der Waals surface area contributed by atoms with Crippen molar-refractivity contribution >= 4 is 88.0 Å². The molecule has 366 valence electrons. The molecule has 6 nitrogen and oxygen atoms in total. The van der Waals surface area contributed by atoms with E-state index in [4.69, 9.17) is 19.9 Å². The number of anilines is 3. The molecule has 2 aliphatic rings. The monoisotopic (exact) mass is 996 g/mol. The number of rotatable bonds is 7. The Morgan fingerprint density at radius 3 is 1.88 bits per heavy atom. The molecule has 0 spiro atoms. The minimum atomic E-state index is -0.325. The molecule has 0 fully saturated rings. The Labute approximate surface area is 450 Å². The van der Waals surface area contributed by atoms with Crippen LogP contribution < -0.4 is 4.90 Å². The molecule has 11 aromatic carbocycles. The second kappa shape index (κ2) is 17.0. The normalized spacial score (nSPS) is 13.3. The quantitative estimate of drug-likeness (QED) is 0.149. The lowest BCUT2D eigenvalue weighted by Gasteiger charge is -2.28. The van der Waals surface area contributed by atoms with Crippen LogP contribution in [0.2, 0.25) is 0 Å². The van der Waals surface area contributed by atoms with Crippen LogP contribution >= 0.6 is 0 Å². The van der Waals surface area contributed by atoms with Crippen molar-refractivity contribution in [3.8, 4) is 51.1 Å². The summed E-state index contributed by atoms with van der Waals surface area (Å²) in [6.07, 6.45) is 7.31. The zero-order valence-electron chi connectivity index (χ0n) is 43.0. The number of benzene rings is 11. The minimum Gasteiger partial charge on any atom is -0.310 e. The van der Waals surface area contributed by atoms with E-state index in [2.05, 4.69) is 224 Å². The van der Waals surface area contributed by atoms with Gasteiger partial charge in [0.05, 0.1) is 11.0 Å². The SMILES string of the molecule is CC1(C)c2cc3c4ccccc4c4ccccc4c3cc2-c2c1ccc1c2c2cc(N(c3cccc(-c4ccccc4)c3)c3cc4c5c(cccc5c3)CC=C4)ccc2n1-c1nc(-c2ccccc2)nc(-c2ccccn2)n1. The molecular weight excluding hydrogens is 949 g/mol. The Kier molecular flexibility index (Phi) is 9.64. The maximum atomic E-state index is 5.39. The fourth-order valence-corrected chi connectivity index (χ4v) is 13.0. The lowest BCUT2D eigenvalue weighted by atomic mass is 9.81. The first-order chi connectivity index (χ1) is 38.4. The van der Waals surface area contributed by atoms with Crippen LogP contribution in [0, 0.1) is 0 Å². The summed E-state index contributed by atoms with van der Waals surface area (Å²) in [5.74, 6) is 1.61. The predicted molar refractivity (Wildman–Crippen MR) is 323 cm³/mol. The maximum Gasteiger partial charge on any atom is 0.238 e. The highest BCUT2D eigenvalue weighted by molar-refractivity contribution is 6.27. The summed E-state index contributed by atoms with van der Waals surface area (Å²) in [5, 5.41) is 12.4. The average molecular weight is 997 g/mol. The standard InChI is InChI=1S/C72H48N6/c1-72(2)61-34-36-65-68(67(61)59-42-57-55-30-11-9-28-53(55)54-29-10-12-31-56(54)58(57)43-62(59)72)60-41-51(33-35-64(60)78(65)71-75-69(46-20-7-4-8-21-46)74-70(76-71)63-32-13-14-37-73-63)77(50-27-17-24-47(38-50)44-18-5-3-6-19-44)52-39-48-25-15-22-45-23-16-26-49(40-52)66(45)48/h3-22,24-43H,23H2,1-2H3. The summed E-state index contributed by atoms with van der Waals surface area (Å²) in [5.41, 5.74) is 16.4. The van der Waals surface area contributed by atoms with Gasteiger partial charge in [-0.1, -0.05) is 178 Å². The molecule has 0 radical (unpaired) electrons. The van der Waals surface area contributed by atoms with E-state index < -0.39 is 0 Å². The second-order valence-corrected chi connectivity index (χ2v) is 21.4. The van der Waals surface area contributed by atoms with E-state index in [0.717, 1.165) is 56.4 Å². The number of aromatic nitrogens is 5. The van der Waals surface area contributed by atoms with Crippen LogP contribution in [0.25, 0.3) is 122 Å². The van der Waals surface area contributed by atoms with Crippen molar-refractivity contribution in [2.45, 2.75) is 25.7 Å². The molecule has 2 aliphatic carbocycles. The first-order valence-electron chi connectivity index (χ1n) is 26.8. The van der Waals surface area contributed by atoms with Gasteiger partial charge in [-0.15, -0.1) is 0 Å². The smallest absolute Gasteiger partial charge is 0.238 e. The molecule has 0 atom stereocenters. The van der Waals surface area contributed by atoms with Gasteiger partial charge in [-0.3, -0.25) is 9.55 Å². The van der Waals surface area contributed by atoms with Gasteiger partial charge in [0.2, 0.25) is 5.95 Å².